The van der Waals surface area contributed by atoms with Crippen LogP contribution in [0.25, 0.3) is 0 Å². The Kier molecular flexibility index (Phi) is 11.3. The number of aryl methyl sites for hydroxylation is 2. The smallest absolute Gasteiger partial charge is 0.123 e. The molecule has 0 aromatic heterocycles. The van der Waals surface area contributed by atoms with Gasteiger partial charge in [0.15, 0.2) is 0 Å². The number of thioether (sulfide) groups is 1. The van der Waals surface area contributed by atoms with E-state index in [1.165, 1.54) is 72.3 Å². The third-order valence-electron chi connectivity index (χ3n) is 4.63. The second-order valence-electron chi connectivity index (χ2n) is 6.86. The van der Waals surface area contributed by atoms with Gasteiger partial charge in [0.1, 0.15) is 5.75 Å². The van der Waals surface area contributed by atoms with E-state index >= 15 is 0 Å². The molecule has 0 saturated carbocycles. The van der Waals surface area contributed by atoms with Crippen LogP contribution in [0.15, 0.2) is 11.0 Å². The molecule has 0 radical (unpaired) electrons. The standard InChI is InChI=1S/C22H38OS/c1-5-9-13-18-17-19(14-10-6-2)22(24-16-12-8-4)20(21(18)23)15-11-7-3/h17,23H,5-16H2,1-4H3. The molecule has 24 heavy (non-hydrogen) atoms. The molecule has 0 fully saturated rings. The van der Waals surface area contributed by atoms with Gasteiger partial charge in [-0.15, -0.1) is 11.8 Å². The minimum Gasteiger partial charge on any atom is -0.507 e. The molecule has 1 aromatic rings. The van der Waals surface area contributed by atoms with Gasteiger partial charge in [-0.2, -0.15) is 0 Å². The number of phenolic OH excluding ortho intramolecular Hbond substituents is 1. The van der Waals surface area contributed by atoms with Gasteiger partial charge in [0, 0.05) is 10.5 Å². The fraction of sp³-hybridized carbons (Fsp3) is 0.727. The van der Waals surface area contributed by atoms with E-state index in [1.54, 1.807) is 0 Å². The molecular formula is C22H38OS. The largest absolute Gasteiger partial charge is 0.507 e. The molecule has 0 aliphatic heterocycles. The van der Waals surface area contributed by atoms with Gasteiger partial charge >= 0.3 is 0 Å². The fourth-order valence-electron chi connectivity index (χ4n) is 3.03. The van der Waals surface area contributed by atoms with Crippen LogP contribution in [0.5, 0.6) is 5.75 Å². The highest BCUT2D eigenvalue weighted by Gasteiger charge is 2.17. The quantitative estimate of drug-likeness (QED) is 0.297. The maximum Gasteiger partial charge on any atom is 0.123 e. The van der Waals surface area contributed by atoms with Gasteiger partial charge < -0.3 is 5.11 Å². The molecule has 0 aliphatic rings. The molecule has 1 aromatic carbocycles. The van der Waals surface area contributed by atoms with E-state index in [1.807, 2.05) is 11.8 Å². The lowest BCUT2D eigenvalue weighted by molar-refractivity contribution is 0.455. The second kappa shape index (κ2) is 12.7. The van der Waals surface area contributed by atoms with E-state index < -0.39 is 0 Å². The molecule has 0 saturated heterocycles. The van der Waals surface area contributed by atoms with Crippen molar-refractivity contribution in [3.8, 4) is 5.75 Å². The first kappa shape index (κ1) is 21.4. The van der Waals surface area contributed by atoms with Crippen LogP contribution in [-0.4, -0.2) is 10.9 Å². The monoisotopic (exact) mass is 350 g/mol. The Morgan fingerprint density at radius 3 is 1.88 bits per heavy atom. The van der Waals surface area contributed by atoms with Gasteiger partial charge in [0.25, 0.3) is 0 Å². The van der Waals surface area contributed by atoms with Crippen LogP contribution in [0, 0.1) is 0 Å². The van der Waals surface area contributed by atoms with Crippen molar-refractivity contribution in [3.63, 3.8) is 0 Å². The minimum atomic E-state index is 0.608. The van der Waals surface area contributed by atoms with Crippen LogP contribution in [0.3, 0.4) is 0 Å². The molecule has 1 nitrogen and oxygen atoms in total. The SMILES string of the molecule is CCCCSc1c(CCCC)cc(CCCC)c(O)c1CCCC. The predicted octanol–water partition coefficient (Wildman–Crippen LogP) is 7.31. The lowest BCUT2D eigenvalue weighted by Crippen LogP contribution is -2.02. The zero-order valence-electron chi connectivity index (χ0n) is 16.4. The van der Waals surface area contributed by atoms with E-state index in [-0.39, 0.29) is 0 Å². The average Bonchev–Trinajstić information content (AvgIpc) is 2.59. The Morgan fingerprint density at radius 2 is 1.29 bits per heavy atom. The average molecular weight is 351 g/mol. The number of aromatic hydroxyl groups is 1. The van der Waals surface area contributed by atoms with Gasteiger partial charge in [-0.1, -0.05) is 59.4 Å². The zero-order chi connectivity index (χ0) is 17.8. The highest BCUT2D eigenvalue weighted by atomic mass is 32.2. The van der Waals surface area contributed by atoms with Crippen molar-refractivity contribution in [2.45, 2.75) is 103 Å². The Labute approximate surface area is 154 Å². The third-order valence-corrected chi connectivity index (χ3v) is 5.92. The first-order valence-corrected chi connectivity index (χ1v) is 11.2. The minimum absolute atomic E-state index is 0.608. The molecule has 0 atom stereocenters. The fourth-order valence-corrected chi connectivity index (χ4v) is 4.39. The van der Waals surface area contributed by atoms with Crippen molar-refractivity contribution in [3.05, 3.63) is 22.8 Å². The molecule has 1 N–H and O–H groups in total. The van der Waals surface area contributed by atoms with E-state index in [4.69, 9.17) is 0 Å². The topological polar surface area (TPSA) is 20.2 Å². The van der Waals surface area contributed by atoms with Crippen molar-refractivity contribution in [1.29, 1.82) is 0 Å². The molecule has 0 spiro atoms. The Bertz CT molecular complexity index is 468. The summed E-state index contributed by atoms with van der Waals surface area (Å²) in [7, 11) is 0. The van der Waals surface area contributed by atoms with Crippen LogP contribution >= 0.6 is 11.8 Å². The summed E-state index contributed by atoms with van der Waals surface area (Å²) in [4.78, 5) is 1.41. The number of hydrogen-bond donors (Lipinski definition) is 1. The Balaban J connectivity index is 3.21. The van der Waals surface area contributed by atoms with Crippen LogP contribution in [0.1, 0.15) is 95.8 Å². The molecule has 2 heteroatoms. The molecule has 138 valence electrons. The van der Waals surface area contributed by atoms with Crippen molar-refractivity contribution in [1.82, 2.24) is 0 Å². The maximum absolute atomic E-state index is 10.9. The van der Waals surface area contributed by atoms with Crippen LogP contribution in [-0.2, 0) is 19.3 Å². The first-order chi connectivity index (χ1) is 11.7. The number of rotatable bonds is 13. The van der Waals surface area contributed by atoms with Gasteiger partial charge in [-0.3, -0.25) is 0 Å². The summed E-state index contributed by atoms with van der Waals surface area (Å²) in [6.07, 6.45) is 12.9. The number of unbranched alkanes of at least 4 members (excludes halogenated alkanes) is 4. The van der Waals surface area contributed by atoms with Gasteiger partial charge in [0.05, 0.1) is 0 Å². The van der Waals surface area contributed by atoms with Gasteiger partial charge in [0.2, 0.25) is 0 Å². The van der Waals surface area contributed by atoms with Crippen LogP contribution < -0.4 is 0 Å². The van der Waals surface area contributed by atoms with Crippen molar-refractivity contribution in [2.24, 2.45) is 0 Å². The van der Waals surface area contributed by atoms with Crippen LogP contribution in [0.4, 0.5) is 0 Å². The lowest BCUT2D eigenvalue weighted by Gasteiger charge is -2.19. The zero-order valence-corrected chi connectivity index (χ0v) is 17.2. The van der Waals surface area contributed by atoms with Gasteiger partial charge in [-0.05, 0) is 61.8 Å². The van der Waals surface area contributed by atoms with E-state index in [0.717, 1.165) is 25.7 Å². The van der Waals surface area contributed by atoms with Crippen molar-refractivity contribution >= 4 is 11.8 Å². The summed E-state index contributed by atoms with van der Waals surface area (Å²) >= 11 is 1.99. The molecule has 0 amide bonds. The number of hydrogen-bond acceptors (Lipinski definition) is 2. The van der Waals surface area contributed by atoms with E-state index in [0.29, 0.717) is 5.75 Å². The lowest BCUT2D eigenvalue weighted by atomic mass is 9.95. The molecule has 0 heterocycles. The highest BCUT2D eigenvalue weighted by molar-refractivity contribution is 7.99. The summed E-state index contributed by atoms with van der Waals surface area (Å²) < 4.78 is 0. The molecule has 1 rings (SSSR count). The summed E-state index contributed by atoms with van der Waals surface area (Å²) in [5.74, 6) is 1.78. The molecule has 0 aliphatic carbocycles. The van der Waals surface area contributed by atoms with Crippen LogP contribution in [0.2, 0.25) is 0 Å². The number of benzene rings is 1. The summed E-state index contributed by atoms with van der Waals surface area (Å²) in [5.41, 5.74) is 3.93. The highest BCUT2D eigenvalue weighted by Crippen LogP contribution is 2.38. The van der Waals surface area contributed by atoms with Crippen molar-refractivity contribution in [2.75, 3.05) is 5.75 Å². The maximum atomic E-state index is 10.9. The summed E-state index contributed by atoms with van der Waals surface area (Å²) in [6, 6.07) is 2.32. The second-order valence-corrected chi connectivity index (χ2v) is 7.97. The Morgan fingerprint density at radius 1 is 0.750 bits per heavy atom. The normalized spacial score (nSPS) is 11.2. The first-order valence-electron chi connectivity index (χ1n) is 10.2. The third kappa shape index (κ3) is 6.70. The predicted molar refractivity (Wildman–Crippen MR) is 110 cm³/mol. The van der Waals surface area contributed by atoms with Gasteiger partial charge in [-0.25, -0.2) is 0 Å². The molecule has 0 unspecified atom stereocenters. The van der Waals surface area contributed by atoms with E-state index in [9.17, 15) is 5.11 Å². The number of phenols is 1. The molecule has 0 bridgehead atoms. The Hall–Kier alpha value is -0.630. The van der Waals surface area contributed by atoms with Crippen molar-refractivity contribution < 1.29 is 5.11 Å². The summed E-state index contributed by atoms with van der Waals surface area (Å²) in [5, 5.41) is 10.9. The van der Waals surface area contributed by atoms with E-state index in [2.05, 4.69) is 33.8 Å². The molecular weight excluding hydrogens is 312 g/mol. The summed E-state index contributed by atoms with van der Waals surface area (Å²) in [6.45, 7) is 8.98.